The van der Waals surface area contributed by atoms with E-state index in [0.717, 1.165) is 30.8 Å². The molecule has 0 spiro atoms. The van der Waals surface area contributed by atoms with Gasteiger partial charge >= 0.3 is 0 Å². The number of aryl methyl sites for hydroxylation is 2. The van der Waals surface area contributed by atoms with Gasteiger partial charge in [0.05, 0.1) is 0 Å². The first-order valence-electron chi connectivity index (χ1n) is 9.37. The summed E-state index contributed by atoms with van der Waals surface area (Å²) in [6, 6.07) is 15.3. The van der Waals surface area contributed by atoms with E-state index >= 15 is 0 Å². The number of hydrogen-bond acceptors (Lipinski definition) is 5. The van der Waals surface area contributed by atoms with Gasteiger partial charge in [0.2, 0.25) is 0 Å². The Labute approximate surface area is 154 Å². The first kappa shape index (κ1) is 16.8. The average molecular weight is 348 g/mol. The number of piperidine rings is 1. The molecule has 3 aromatic rings. The van der Waals surface area contributed by atoms with Crippen LogP contribution in [0.1, 0.15) is 37.1 Å². The topological polar surface area (TPSA) is 55.1 Å². The van der Waals surface area contributed by atoms with E-state index in [0.29, 0.717) is 17.8 Å². The van der Waals surface area contributed by atoms with Crippen LogP contribution in [-0.4, -0.2) is 27.7 Å². The third-order valence-corrected chi connectivity index (χ3v) is 5.05. The fourth-order valence-electron chi connectivity index (χ4n) is 3.70. The van der Waals surface area contributed by atoms with Crippen LogP contribution in [0.4, 0.5) is 5.82 Å². The van der Waals surface area contributed by atoms with Gasteiger partial charge in [0, 0.05) is 24.3 Å². The van der Waals surface area contributed by atoms with Crippen molar-refractivity contribution >= 4 is 5.82 Å². The van der Waals surface area contributed by atoms with Gasteiger partial charge in [-0.15, -0.1) is 0 Å². The van der Waals surface area contributed by atoms with E-state index in [1.54, 1.807) is 0 Å². The Morgan fingerprint density at radius 2 is 2.04 bits per heavy atom. The second-order valence-electron chi connectivity index (χ2n) is 6.92. The Kier molecular flexibility index (Phi) is 4.95. The third-order valence-electron chi connectivity index (χ3n) is 5.05. The molecule has 1 aliphatic heterocycles. The molecule has 0 radical (unpaired) electrons. The molecule has 1 aromatic carbocycles. The van der Waals surface area contributed by atoms with Crippen molar-refractivity contribution < 1.29 is 4.52 Å². The minimum absolute atomic E-state index is 0.524. The summed E-state index contributed by atoms with van der Waals surface area (Å²) in [4.78, 5) is 11.4. The maximum Gasteiger partial charge on any atom is 0.258 e. The SMILES string of the molecule is Cc1noc(-c2ccnc(N3CCCCC3CCc3ccccc3)c2)n1. The Morgan fingerprint density at radius 1 is 1.15 bits per heavy atom. The van der Waals surface area contributed by atoms with Crippen LogP contribution in [-0.2, 0) is 6.42 Å². The third kappa shape index (κ3) is 3.77. The summed E-state index contributed by atoms with van der Waals surface area (Å²) in [5, 5.41) is 3.89. The van der Waals surface area contributed by atoms with Crippen molar-refractivity contribution in [1.82, 2.24) is 15.1 Å². The second-order valence-corrected chi connectivity index (χ2v) is 6.92. The maximum atomic E-state index is 5.32. The molecule has 1 atom stereocenters. The van der Waals surface area contributed by atoms with Crippen LogP contribution in [0.15, 0.2) is 53.2 Å². The predicted octanol–water partition coefficient (Wildman–Crippen LogP) is 4.43. The summed E-state index contributed by atoms with van der Waals surface area (Å²) in [6.07, 6.45) is 7.82. The van der Waals surface area contributed by atoms with Crippen LogP contribution >= 0.6 is 0 Å². The highest BCUT2D eigenvalue weighted by atomic mass is 16.5. The number of anilines is 1. The molecule has 0 saturated carbocycles. The Morgan fingerprint density at radius 3 is 2.85 bits per heavy atom. The molecule has 26 heavy (non-hydrogen) atoms. The van der Waals surface area contributed by atoms with Gasteiger partial charge < -0.3 is 9.42 Å². The maximum absolute atomic E-state index is 5.32. The number of aromatic nitrogens is 3. The zero-order valence-corrected chi connectivity index (χ0v) is 15.1. The van der Waals surface area contributed by atoms with Crippen LogP contribution in [0, 0.1) is 6.92 Å². The molecule has 2 aromatic heterocycles. The molecule has 3 heterocycles. The highest BCUT2D eigenvalue weighted by Gasteiger charge is 2.24. The van der Waals surface area contributed by atoms with E-state index < -0.39 is 0 Å². The largest absolute Gasteiger partial charge is 0.354 e. The first-order chi connectivity index (χ1) is 12.8. The van der Waals surface area contributed by atoms with Gasteiger partial charge in [-0.2, -0.15) is 4.98 Å². The van der Waals surface area contributed by atoms with Crippen molar-refractivity contribution in [2.75, 3.05) is 11.4 Å². The molecule has 0 bridgehead atoms. The Bertz CT molecular complexity index is 846. The highest BCUT2D eigenvalue weighted by molar-refractivity contribution is 5.59. The van der Waals surface area contributed by atoms with Crippen LogP contribution in [0.2, 0.25) is 0 Å². The summed E-state index contributed by atoms with van der Waals surface area (Å²) < 4.78 is 5.32. The molecule has 1 saturated heterocycles. The standard InChI is InChI=1S/C21H24N4O/c1-16-23-21(26-24-16)18-12-13-22-20(15-18)25-14-6-5-9-19(25)11-10-17-7-3-2-4-8-17/h2-4,7-8,12-13,15,19H,5-6,9-11,14H2,1H3. The van der Waals surface area contributed by atoms with Gasteiger partial charge in [0.1, 0.15) is 5.82 Å². The molecule has 134 valence electrons. The average Bonchev–Trinajstić information content (AvgIpc) is 3.14. The van der Waals surface area contributed by atoms with E-state index in [2.05, 4.69) is 56.4 Å². The summed E-state index contributed by atoms with van der Waals surface area (Å²) in [5.74, 6) is 2.22. The molecule has 4 rings (SSSR count). The first-order valence-corrected chi connectivity index (χ1v) is 9.37. The molecule has 5 nitrogen and oxygen atoms in total. The molecule has 1 fully saturated rings. The van der Waals surface area contributed by atoms with E-state index in [1.165, 1.54) is 24.8 Å². The number of rotatable bonds is 5. The lowest BCUT2D eigenvalue weighted by Gasteiger charge is -2.37. The molecular weight excluding hydrogens is 324 g/mol. The molecule has 1 aliphatic rings. The minimum atomic E-state index is 0.524. The van der Waals surface area contributed by atoms with Crippen molar-refractivity contribution in [2.24, 2.45) is 0 Å². The molecular formula is C21H24N4O. The van der Waals surface area contributed by atoms with Crippen LogP contribution in [0.3, 0.4) is 0 Å². The number of benzene rings is 1. The lowest BCUT2D eigenvalue weighted by atomic mass is 9.95. The Balaban J connectivity index is 1.52. The molecule has 0 N–H and O–H groups in total. The quantitative estimate of drug-likeness (QED) is 0.682. The number of hydrogen-bond donors (Lipinski definition) is 0. The zero-order valence-electron chi connectivity index (χ0n) is 15.1. The highest BCUT2D eigenvalue weighted by Crippen LogP contribution is 2.28. The van der Waals surface area contributed by atoms with E-state index in [9.17, 15) is 0 Å². The van der Waals surface area contributed by atoms with E-state index in [1.807, 2.05) is 19.2 Å². The molecule has 1 unspecified atom stereocenters. The van der Waals surface area contributed by atoms with Crippen LogP contribution in [0.5, 0.6) is 0 Å². The lowest BCUT2D eigenvalue weighted by molar-refractivity contribution is 0.425. The fourth-order valence-corrected chi connectivity index (χ4v) is 3.70. The fraction of sp³-hybridized carbons (Fsp3) is 0.381. The van der Waals surface area contributed by atoms with Gasteiger partial charge in [-0.05, 0) is 56.7 Å². The number of pyridine rings is 1. The summed E-state index contributed by atoms with van der Waals surface area (Å²) in [5.41, 5.74) is 2.34. The van der Waals surface area contributed by atoms with E-state index in [-0.39, 0.29) is 0 Å². The summed E-state index contributed by atoms with van der Waals surface area (Å²) in [6.45, 7) is 2.89. The smallest absolute Gasteiger partial charge is 0.258 e. The zero-order chi connectivity index (χ0) is 17.8. The van der Waals surface area contributed by atoms with Crippen molar-refractivity contribution in [2.45, 2.75) is 45.1 Å². The second kappa shape index (κ2) is 7.68. The van der Waals surface area contributed by atoms with Gasteiger partial charge in [0.15, 0.2) is 5.82 Å². The Hall–Kier alpha value is -2.69. The monoisotopic (exact) mass is 348 g/mol. The molecule has 5 heteroatoms. The van der Waals surface area contributed by atoms with Crippen molar-refractivity contribution in [3.05, 3.63) is 60.0 Å². The predicted molar refractivity (Wildman–Crippen MR) is 102 cm³/mol. The van der Waals surface area contributed by atoms with E-state index in [4.69, 9.17) is 4.52 Å². The number of nitrogens with zero attached hydrogens (tertiary/aromatic N) is 4. The summed E-state index contributed by atoms with van der Waals surface area (Å²) >= 11 is 0. The van der Waals surface area contributed by atoms with Gasteiger partial charge in [0.25, 0.3) is 5.89 Å². The van der Waals surface area contributed by atoms with Gasteiger partial charge in [-0.3, -0.25) is 0 Å². The minimum Gasteiger partial charge on any atom is -0.354 e. The van der Waals surface area contributed by atoms with Crippen LogP contribution in [0.25, 0.3) is 11.5 Å². The van der Waals surface area contributed by atoms with Gasteiger partial charge in [-0.25, -0.2) is 4.98 Å². The molecule has 0 aliphatic carbocycles. The summed E-state index contributed by atoms with van der Waals surface area (Å²) in [7, 11) is 0. The van der Waals surface area contributed by atoms with Gasteiger partial charge in [-0.1, -0.05) is 35.5 Å². The van der Waals surface area contributed by atoms with Crippen molar-refractivity contribution in [1.29, 1.82) is 0 Å². The van der Waals surface area contributed by atoms with Crippen molar-refractivity contribution in [3.8, 4) is 11.5 Å². The molecule has 0 amide bonds. The normalized spacial score (nSPS) is 17.4. The van der Waals surface area contributed by atoms with Crippen LogP contribution < -0.4 is 4.90 Å². The lowest BCUT2D eigenvalue weighted by Crippen LogP contribution is -2.40. The van der Waals surface area contributed by atoms with Crippen molar-refractivity contribution in [3.63, 3.8) is 0 Å².